The van der Waals surface area contributed by atoms with Crippen molar-refractivity contribution in [1.29, 1.82) is 0 Å². The first-order chi connectivity index (χ1) is 5.89. The lowest BCUT2D eigenvalue weighted by Crippen LogP contribution is -2.42. The molecule has 0 aromatic carbocycles. The van der Waals surface area contributed by atoms with Gasteiger partial charge in [0.1, 0.15) is 5.60 Å². The zero-order valence-corrected chi connectivity index (χ0v) is 10.1. The highest BCUT2D eigenvalue weighted by atomic mass is 35.5. The van der Waals surface area contributed by atoms with Crippen molar-refractivity contribution in [1.82, 2.24) is 5.32 Å². The average Bonchev–Trinajstić information content (AvgIpc) is 1.96. The van der Waals surface area contributed by atoms with Crippen LogP contribution >= 0.6 is 12.4 Å². The van der Waals surface area contributed by atoms with Crippen LogP contribution in [0.5, 0.6) is 0 Å². The van der Waals surface area contributed by atoms with Gasteiger partial charge in [0.2, 0.25) is 0 Å². The first-order valence-corrected chi connectivity index (χ1v) is 4.58. The molecule has 0 rings (SSSR count). The summed E-state index contributed by atoms with van der Waals surface area (Å²) in [6.45, 7) is 7.90. The molecule has 1 unspecified atom stereocenters. The Kier molecular flexibility index (Phi) is 7.87. The highest BCUT2D eigenvalue weighted by Crippen LogP contribution is 2.06. The first-order valence-electron chi connectivity index (χ1n) is 4.58. The van der Waals surface area contributed by atoms with Crippen molar-refractivity contribution >= 4 is 18.5 Å². The second-order valence-electron chi connectivity index (χ2n) is 3.99. The van der Waals surface area contributed by atoms with Crippen LogP contribution in [0.2, 0.25) is 0 Å². The minimum Gasteiger partial charge on any atom is -0.444 e. The van der Waals surface area contributed by atoms with Gasteiger partial charge in [-0.25, -0.2) is 4.79 Å². The second-order valence-corrected chi connectivity index (χ2v) is 3.99. The largest absolute Gasteiger partial charge is 0.444 e. The molecule has 0 heterocycles. The number of halogens is 1. The first kappa shape index (κ1) is 16.0. The summed E-state index contributed by atoms with van der Waals surface area (Å²) in [6, 6.07) is 0.00912. The van der Waals surface area contributed by atoms with Crippen LogP contribution in [-0.4, -0.2) is 24.3 Å². The number of ether oxygens (including phenoxy) is 1. The van der Waals surface area contributed by atoms with Crippen molar-refractivity contribution in [2.45, 2.75) is 45.8 Å². The van der Waals surface area contributed by atoms with E-state index >= 15 is 0 Å². The van der Waals surface area contributed by atoms with E-state index in [4.69, 9.17) is 10.5 Å². The van der Waals surface area contributed by atoms with Gasteiger partial charge in [-0.3, -0.25) is 0 Å². The third kappa shape index (κ3) is 8.13. The average molecular weight is 225 g/mol. The SMILES string of the molecule is CCC(CN)NC(=O)OC(C)(C)C.Cl. The number of amides is 1. The molecule has 0 aromatic heterocycles. The minimum absolute atomic E-state index is 0. The highest BCUT2D eigenvalue weighted by Gasteiger charge is 2.17. The van der Waals surface area contributed by atoms with E-state index in [1.165, 1.54) is 0 Å². The number of nitrogens with one attached hydrogen (secondary N) is 1. The predicted octanol–water partition coefficient (Wildman–Crippen LogP) is 1.67. The number of alkyl carbamates (subject to hydrolysis) is 1. The van der Waals surface area contributed by atoms with Gasteiger partial charge in [-0.05, 0) is 27.2 Å². The molecule has 0 spiro atoms. The fraction of sp³-hybridized carbons (Fsp3) is 0.889. The maximum atomic E-state index is 11.2. The summed E-state index contributed by atoms with van der Waals surface area (Å²) in [5, 5.41) is 2.69. The quantitative estimate of drug-likeness (QED) is 0.767. The lowest BCUT2D eigenvalue weighted by atomic mass is 10.2. The van der Waals surface area contributed by atoms with Gasteiger partial charge >= 0.3 is 6.09 Å². The van der Waals surface area contributed by atoms with Crippen LogP contribution in [-0.2, 0) is 4.74 Å². The molecular formula is C9H21ClN2O2. The van der Waals surface area contributed by atoms with Gasteiger partial charge in [-0.1, -0.05) is 6.92 Å². The molecule has 0 bridgehead atoms. The molecule has 0 aromatic rings. The van der Waals surface area contributed by atoms with Gasteiger partial charge < -0.3 is 15.8 Å². The molecule has 0 saturated heterocycles. The monoisotopic (exact) mass is 224 g/mol. The third-order valence-corrected chi connectivity index (χ3v) is 1.50. The van der Waals surface area contributed by atoms with Crippen LogP contribution in [0, 0.1) is 0 Å². The van der Waals surface area contributed by atoms with E-state index in [1.54, 1.807) is 0 Å². The molecule has 3 N–H and O–H groups in total. The van der Waals surface area contributed by atoms with Crippen molar-refractivity contribution in [3.8, 4) is 0 Å². The number of carbonyl (C=O) groups is 1. The molecule has 1 amide bonds. The van der Waals surface area contributed by atoms with Gasteiger partial charge in [0.05, 0.1) is 0 Å². The molecule has 5 heteroatoms. The molecule has 0 aliphatic heterocycles. The molecule has 4 nitrogen and oxygen atoms in total. The van der Waals surface area contributed by atoms with Crippen LogP contribution in [0.3, 0.4) is 0 Å². The number of nitrogens with two attached hydrogens (primary N) is 1. The van der Waals surface area contributed by atoms with Crippen LogP contribution in [0.25, 0.3) is 0 Å². The minimum atomic E-state index is -0.447. The number of rotatable bonds is 3. The molecule has 1 atom stereocenters. The predicted molar refractivity (Wildman–Crippen MR) is 59.8 cm³/mol. The van der Waals surface area contributed by atoms with Crippen LogP contribution in [0.4, 0.5) is 4.79 Å². The number of hydrogen-bond acceptors (Lipinski definition) is 3. The van der Waals surface area contributed by atoms with Crippen LogP contribution in [0.1, 0.15) is 34.1 Å². The molecule has 14 heavy (non-hydrogen) atoms. The topological polar surface area (TPSA) is 64.3 Å². The molecule has 0 aliphatic rings. The fourth-order valence-electron chi connectivity index (χ4n) is 0.802. The number of carbonyl (C=O) groups excluding carboxylic acids is 1. The van der Waals surface area contributed by atoms with E-state index in [-0.39, 0.29) is 18.4 Å². The summed E-state index contributed by atoms with van der Waals surface area (Å²) in [6.07, 6.45) is 0.417. The highest BCUT2D eigenvalue weighted by molar-refractivity contribution is 5.85. The zero-order chi connectivity index (χ0) is 10.5. The molecular weight excluding hydrogens is 204 g/mol. The summed E-state index contributed by atoms with van der Waals surface area (Å²) in [5.74, 6) is 0. The van der Waals surface area contributed by atoms with E-state index < -0.39 is 11.7 Å². The Balaban J connectivity index is 0. The molecule has 0 radical (unpaired) electrons. The van der Waals surface area contributed by atoms with Gasteiger partial charge in [-0.15, -0.1) is 12.4 Å². The Morgan fingerprint density at radius 3 is 2.29 bits per heavy atom. The maximum absolute atomic E-state index is 11.2. The van der Waals surface area contributed by atoms with Crippen LogP contribution in [0.15, 0.2) is 0 Å². The Hall–Kier alpha value is -0.480. The maximum Gasteiger partial charge on any atom is 0.407 e. The van der Waals surface area contributed by atoms with Gasteiger partial charge in [-0.2, -0.15) is 0 Å². The summed E-state index contributed by atoms with van der Waals surface area (Å²) in [7, 11) is 0. The van der Waals surface area contributed by atoms with Crippen LogP contribution < -0.4 is 11.1 Å². The Morgan fingerprint density at radius 2 is 2.00 bits per heavy atom. The van der Waals surface area contributed by atoms with Gasteiger partial charge in [0.15, 0.2) is 0 Å². The Labute approximate surface area is 92.0 Å². The summed E-state index contributed by atoms with van der Waals surface area (Å²) >= 11 is 0. The van der Waals surface area contributed by atoms with Crippen molar-refractivity contribution in [3.63, 3.8) is 0 Å². The summed E-state index contributed by atoms with van der Waals surface area (Å²) < 4.78 is 5.07. The lowest BCUT2D eigenvalue weighted by Gasteiger charge is -2.22. The molecule has 0 aliphatic carbocycles. The van der Waals surface area contributed by atoms with E-state index in [2.05, 4.69) is 5.32 Å². The second kappa shape index (κ2) is 6.90. The van der Waals surface area contributed by atoms with E-state index in [9.17, 15) is 4.79 Å². The normalized spacial score (nSPS) is 12.6. The van der Waals surface area contributed by atoms with E-state index in [1.807, 2.05) is 27.7 Å². The van der Waals surface area contributed by atoms with Crippen molar-refractivity contribution in [3.05, 3.63) is 0 Å². The lowest BCUT2D eigenvalue weighted by molar-refractivity contribution is 0.0505. The van der Waals surface area contributed by atoms with Crippen molar-refractivity contribution < 1.29 is 9.53 Å². The van der Waals surface area contributed by atoms with Gasteiger partial charge in [0.25, 0.3) is 0 Å². The van der Waals surface area contributed by atoms with E-state index in [0.717, 1.165) is 6.42 Å². The van der Waals surface area contributed by atoms with Gasteiger partial charge in [0, 0.05) is 12.6 Å². The fourth-order valence-corrected chi connectivity index (χ4v) is 0.802. The standard InChI is InChI=1S/C9H20N2O2.ClH/c1-5-7(6-10)11-8(12)13-9(2,3)4;/h7H,5-6,10H2,1-4H3,(H,11,12);1H. The third-order valence-electron chi connectivity index (χ3n) is 1.50. The van der Waals surface area contributed by atoms with Crippen molar-refractivity contribution in [2.24, 2.45) is 5.73 Å². The van der Waals surface area contributed by atoms with Crippen molar-refractivity contribution in [2.75, 3.05) is 6.54 Å². The smallest absolute Gasteiger partial charge is 0.407 e. The summed E-state index contributed by atoms with van der Waals surface area (Å²) in [5.41, 5.74) is 4.98. The zero-order valence-electron chi connectivity index (χ0n) is 9.29. The molecule has 86 valence electrons. The van der Waals surface area contributed by atoms with E-state index in [0.29, 0.717) is 6.54 Å². The number of hydrogen-bond donors (Lipinski definition) is 2. The molecule has 0 saturated carbocycles. The molecule has 0 fully saturated rings. The summed E-state index contributed by atoms with van der Waals surface area (Å²) in [4.78, 5) is 11.2. The Bertz CT molecular complexity index is 165. The Morgan fingerprint density at radius 1 is 1.50 bits per heavy atom.